The van der Waals surface area contributed by atoms with Crippen molar-refractivity contribution in [2.24, 2.45) is 0 Å². The molecule has 0 fully saturated rings. The van der Waals surface area contributed by atoms with Crippen LogP contribution < -0.4 is 10.1 Å². The van der Waals surface area contributed by atoms with Crippen molar-refractivity contribution < 1.29 is 4.74 Å². The van der Waals surface area contributed by atoms with E-state index in [9.17, 15) is 0 Å². The van der Waals surface area contributed by atoms with Crippen LogP contribution >= 0.6 is 15.9 Å². The van der Waals surface area contributed by atoms with E-state index in [1.54, 1.807) is 7.11 Å². The summed E-state index contributed by atoms with van der Waals surface area (Å²) in [5.74, 6) is 1.47. The molecule has 0 aromatic heterocycles. The molecule has 0 heterocycles. The molecule has 0 radical (unpaired) electrons. The number of fused-ring (bicyclic) bond motifs is 1. The first-order valence-electron chi connectivity index (χ1n) is 7.43. The highest BCUT2D eigenvalue weighted by Gasteiger charge is 2.19. The SMILES string of the molecule is COc1ccc(Br)c(NCC2CCCc3ccccc32)c1. The van der Waals surface area contributed by atoms with Gasteiger partial charge in [0.15, 0.2) is 0 Å². The summed E-state index contributed by atoms with van der Waals surface area (Å²) in [4.78, 5) is 0. The zero-order valence-corrected chi connectivity index (χ0v) is 13.8. The Hall–Kier alpha value is -1.48. The smallest absolute Gasteiger partial charge is 0.121 e. The molecule has 1 aliphatic carbocycles. The van der Waals surface area contributed by atoms with Crippen molar-refractivity contribution in [3.63, 3.8) is 0 Å². The number of rotatable bonds is 4. The van der Waals surface area contributed by atoms with Crippen LogP contribution in [0.5, 0.6) is 5.75 Å². The topological polar surface area (TPSA) is 21.3 Å². The summed E-state index contributed by atoms with van der Waals surface area (Å²) in [6.45, 7) is 0.961. The van der Waals surface area contributed by atoms with Crippen LogP contribution in [0, 0.1) is 0 Å². The van der Waals surface area contributed by atoms with Gasteiger partial charge in [-0.15, -0.1) is 0 Å². The molecule has 0 aliphatic heterocycles. The third-order valence-electron chi connectivity index (χ3n) is 4.21. The number of halogens is 1. The van der Waals surface area contributed by atoms with E-state index in [4.69, 9.17) is 4.74 Å². The van der Waals surface area contributed by atoms with Crippen LogP contribution in [0.3, 0.4) is 0 Å². The van der Waals surface area contributed by atoms with Gasteiger partial charge in [0.05, 0.1) is 12.8 Å². The van der Waals surface area contributed by atoms with Gasteiger partial charge in [0, 0.05) is 23.0 Å². The molecular weight excluding hydrogens is 326 g/mol. The molecule has 0 saturated heterocycles. The fraction of sp³-hybridized carbons (Fsp3) is 0.333. The molecule has 1 atom stereocenters. The van der Waals surface area contributed by atoms with E-state index in [1.165, 1.54) is 30.4 Å². The zero-order valence-electron chi connectivity index (χ0n) is 12.2. The Morgan fingerprint density at radius 1 is 1.24 bits per heavy atom. The molecule has 1 aliphatic rings. The van der Waals surface area contributed by atoms with E-state index in [0.717, 1.165) is 22.5 Å². The summed E-state index contributed by atoms with van der Waals surface area (Å²) in [6, 6.07) is 14.9. The normalized spacial score (nSPS) is 17.1. The second-order valence-corrected chi connectivity index (χ2v) is 6.37. The van der Waals surface area contributed by atoms with E-state index in [0.29, 0.717) is 5.92 Å². The van der Waals surface area contributed by atoms with Gasteiger partial charge in [-0.25, -0.2) is 0 Å². The molecule has 2 aromatic rings. The zero-order chi connectivity index (χ0) is 14.7. The monoisotopic (exact) mass is 345 g/mol. The fourth-order valence-corrected chi connectivity index (χ4v) is 3.45. The molecule has 3 heteroatoms. The second-order valence-electron chi connectivity index (χ2n) is 5.51. The van der Waals surface area contributed by atoms with Gasteiger partial charge in [-0.2, -0.15) is 0 Å². The van der Waals surface area contributed by atoms with E-state index in [1.807, 2.05) is 18.2 Å². The quantitative estimate of drug-likeness (QED) is 0.842. The predicted octanol–water partition coefficient (Wildman–Crippen LogP) is 4.99. The minimum absolute atomic E-state index is 0.591. The summed E-state index contributed by atoms with van der Waals surface area (Å²) >= 11 is 3.60. The van der Waals surface area contributed by atoms with Crippen LogP contribution in [0.1, 0.15) is 29.9 Å². The van der Waals surface area contributed by atoms with Crippen LogP contribution in [0.4, 0.5) is 5.69 Å². The third kappa shape index (κ3) is 3.24. The first-order valence-corrected chi connectivity index (χ1v) is 8.22. The van der Waals surface area contributed by atoms with E-state index in [2.05, 4.69) is 45.5 Å². The lowest BCUT2D eigenvalue weighted by Crippen LogP contribution is -2.18. The Labute approximate surface area is 134 Å². The Morgan fingerprint density at radius 3 is 2.95 bits per heavy atom. The number of nitrogens with one attached hydrogen (secondary N) is 1. The second kappa shape index (κ2) is 6.52. The molecule has 21 heavy (non-hydrogen) atoms. The average molecular weight is 346 g/mol. The molecule has 110 valence electrons. The number of aryl methyl sites for hydroxylation is 1. The number of methoxy groups -OCH3 is 1. The number of ether oxygens (including phenoxy) is 1. The number of benzene rings is 2. The van der Waals surface area contributed by atoms with Crippen molar-refractivity contribution >= 4 is 21.6 Å². The van der Waals surface area contributed by atoms with E-state index >= 15 is 0 Å². The van der Waals surface area contributed by atoms with Gasteiger partial charge in [0.1, 0.15) is 5.75 Å². The number of hydrogen-bond acceptors (Lipinski definition) is 2. The van der Waals surface area contributed by atoms with Crippen molar-refractivity contribution in [2.75, 3.05) is 19.0 Å². The van der Waals surface area contributed by atoms with Crippen LogP contribution in [-0.4, -0.2) is 13.7 Å². The fourth-order valence-electron chi connectivity index (χ4n) is 3.07. The largest absolute Gasteiger partial charge is 0.497 e. The number of anilines is 1. The van der Waals surface area contributed by atoms with E-state index in [-0.39, 0.29) is 0 Å². The molecule has 0 saturated carbocycles. The Morgan fingerprint density at radius 2 is 2.10 bits per heavy atom. The maximum atomic E-state index is 5.30. The summed E-state index contributed by atoms with van der Waals surface area (Å²) in [7, 11) is 1.70. The van der Waals surface area contributed by atoms with Crippen molar-refractivity contribution in [3.05, 3.63) is 58.1 Å². The lowest BCUT2D eigenvalue weighted by Gasteiger charge is -2.26. The summed E-state index contributed by atoms with van der Waals surface area (Å²) in [5.41, 5.74) is 4.12. The minimum atomic E-state index is 0.591. The molecule has 0 bridgehead atoms. The van der Waals surface area contributed by atoms with Crippen molar-refractivity contribution in [1.29, 1.82) is 0 Å². The molecule has 0 amide bonds. The number of hydrogen-bond donors (Lipinski definition) is 1. The highest BCUT2D eigenvalue weighted by molar-refractivity contribution is 9.10. The van der Waals surface area contributed by atoms with Crippen LogP contribution in [0.25, 0.3) is 0 Å². The Kier molecular flexibility index (Phi) is 4.49. The maximum Gasteiger partial charge on any atom is 0.121 e. The molecule has 2 aromatic carbocycles. The Balaban J connectivity index is 1.74. The highest BCUT2D eigenvalue weighted by atomic mass is 79.9. The standard InChI is InChI=1S/C18H20BrNO/c1-21-15-9-10-17(19)18(11-15)20-12-14-7-4-6-13-5-2-3-8-16(13)14/h2-3,5,8-11,14,20H,4,6-7,12H2,1H3. The van der Waals surface area contributed by atoms with Gasteiger partial charge in [-0.05, 0) is 58.5 Å². The molecule has 0 spiro atoms. The molecule has 2 nitrogen and oxygen atoms in total. The van der Waals surface area contributed by atoms with Gasteiger partial charge in [0.25, 0.3) is 0 Å². The van der Waals surface area contributed by atoms with Crippen molar-refractivity contribution in [3.8, 4) is 5.75 Å². The minimum Gasteiger partial charge on any atom is -0.497 e. The summed E-state index contributed by atoms with van der Waals surface area (Å²) in [5, 5.41) is 3.57. The lowest BCUT2D eigenvalue weighted by molar-refractivity contribution is 0.415. The molecular formula is C18H20BrNO. The first kappa shape index (κ1) is 14.5. The van der Waals surface area contributed by atoms with Crippen molar-refractivity contribution in [1.82, 2.24) is 0 Å². The van der Waals surface area contributed by atoms with Crippen molar-refractivity contribution in [2.45, 2.75) is 25.2 Å². The predicted molar refractivity (Wildman–Crippen MR) is 91.3 cm³/mol. The molecule has 1 unspecified atom stereocenters. The van der Waals surface area contributed by atoms with Gasteiger partial charge >= 0.3 is 0 Å². The summed E-state index contributed by atoms with van der Waals surface area (Å²) in [6.07, 6.45) is 3.75. The summed E-state index contributed by atoms with van der Waals surface area (Å²) < 4.78 is 6.37. The first-order chi connectivity index (χ1) is 10.3. The average Bonchev–Trinajstić information content (AvgIpc) is 2.54. The third-order valence-corrected chi connectivity index (χ3v) is 4.90. The van der Waals surface area contributed by atoms with E-state index < -0.39 is 0 Å². The van der Waals surface area contributed by atoms with Gasteiger partial charge in [-0.1, -0.05) is 24.3 Å². The van der Waals surface area contributed by atoms with Crippen LogP contribution in [0.2, 0.25) is 0 Å². The Bertz CT molecular complexity index is 626. The van der Waals surface area contributed by atoms with Gasteiger partial charge in [-0.3, -0.25) is 0 Å². The maximum absolute atomic E-state index is 5.30. The van der Waals surface area contributed by atoms with Gasteiger partial charge < -0.3 is 10.1 Å². The van der Waals surface area contributed by atoms with Crippen LogP contribution in [-0.2, 0) is 6.42 Å². The highest BCUT2D eigenvalue weighted by Crippen LogP contribution is 2.33. The molecule has 1 N–H and O–H groups in total. The lowest BCUT2D eigenvalue weighted by atomic mass is 9.83. The van der Waals surface area contributed by atoms with Crippen LogP contribution in [0.15, 0.2) is 46.9 Å². The molecule has 3 rings (SSSR count). The van der Waals surface area contributed by atoms with Gasteiger partial charge in [0.2, 0.25) is 0 Å².